The minimum absolute atomic E-state index is 0.0445. The Kier molecular flexibility index (Phi) is 5.41. The third kappa shape index (κ3) is 4.21. The Balaban J connectivity index is 1.34. The third-order valence-corrected chi connectivity index (χ3v) is 4.93. The Bertz CT molecular complexity index is 982. The van der Waals surface area contributed by atoms with Gasteiger partial charge in [0.25, 0.3) is 0 Å². The number of aromatic nitrogens is 2. The smallest absolute Gasteiger partial charge is 0.247 e. The van der Waals surface area contributed by atoms with E-state index in [4.69, 9.17) is 9.15 Å². The van der Waals surface area contributed by atoms with E-state index in [9.17, 15) is 9.18 Å². The lowest BCUT2D eigenvalue weighted by molar-refractivity contribution is -0.131. The summed E-state index contributed by atoms with van der Waals surface area (Å²) in [6.45, 7) is 2.19. The number of carbonyl (C=O) groups is 1. The molecular weight excluding hydrogens is 375 g/mol. The predicted molar refractivity (Wildman–Crippen MR) is 105 cm³/mol. The van der Waals surface area contributed by atoms with Crippen LogP contribution in [0.2, 0.25) is 0 Å². The number of methoxy groups -OCH3 is 1. The molecule has 1 aliphatic heterocycles. The van der Waals surface area contributed by atoms with E-state index < -0.39 is 0 Å². The second-order valence-corrected chi connectivity index (χ2v) is 6.73. The van der Waals surface area contributed by atoms with Gasteiger partial charge in [-0.3, -0.25) is 4.79 Å². The minimum atomic E-state index is -0.246. The average molecular weight is 396 g/mol. The van der Waals surface area contributed by atoms with Crippen LogP contribution in [0, 0.1) is 5.82 Å². The zero-order chi connectivity index (χ0) is 20.2. The number of ether oxygens (including phenoxy) is 1. The molecule has 0 unspecified atom stereocenters. The highest BCUT2D eigenvalue weighted by Gasteiger charge is 2.24. The van der Waals surface area contributed by atoms with E-state index in [-0.39, 0.29) is 24.0 Å². The molecule has 4 rings (SSSR count). The zero-order valence-electron chi connectivity index (χ0n) is 16.0. The Morgan fingerprint density at radius 3 is 2.48 bits per heavy atom. The highest BCUT2D eigenvalue weighted by atomic mass is 19.1. The molecule has 1 fully saturated rings. The van der Waals surface area contributed by atoms with Crippen LogP contribution in [0.4, 0.5) is 10.1 Å². The Morgan fingerprint density at radius 2 is 1.79 bits per heavy atom. The fraction of sp³-hybridized carbons (Fsp3) is 0.286. The number of rotatable bonds is 5. The monoisotopic (exact) mass is 396 g/mol. The maximum absolute atomic E-state index is 13.9. The van der Waals surface area contributed by atoms with Crippen molar-refractivity contribution in [2.24, 2.45) is 0 Å². The van der Waals surface area contributed by atoms with Gasteiger partial charge in [-0.2, -0.15) is 0 Å². The first-order chi connectivity index (χ1) is 14.1. The number of benzene rings is 2. The number of halogens is 1. The van der Waals surface area contributed by atoms with Crippen molar-refractivity contribution in [2.45, 2.75) is 6.42 Å². The second-order valence-electron chi connectivity index (χ2n) is 6.73. The van der Waals surface area contributed by atoms with E-state index >= 15 is 0 Å². The van der Waals surface area contributed by atoms with Crippen molar-refractivity contribution in [1.82, 2.24) is 15.1 Å². The van der Waals surface area contributed by atoms with Crippen LogP contribution in [-0.2, 0) is 11.2 Å². The van der Waals surface area contributed by atoms with Gasteiger partial charge in [-0.1, -0.05) is 12.1 Å². The number of anilines is 1. The van der Waals surface area contributed by atoms with Crippen molar-refractivity contribution in [3.8, 4) is 17.2 Å². The van der Waals surface area contributed by atoms with Crippen molar-refractivity contribution in [2.75, 3.05) is 38.2 Å². The number of hydrogen-bond donors (Lipinski definition) is 0. The molecule has 7 nitrogen and oxygen atoms in total. The lowest BCUT2D eigenvalue weighted by Crippen LogP contribution is -2.49. The van der Waals surface area contributed by atoms with Gasteiger partial charge in [0.15, 0.2) is 0 Å². The maximum atomic E-state index is 13.9. The third-order valence-electron chi connectivity index (χ3n) is 4.93. The van der Waals surface area contributed by atoms with E-state index in [0.29, 0.717) is 37.8 Å². The van der Waals surface area contributed by atoms with Gasteiger partial charge in [0.2, 0.25) is 17.7 Å². The van der Waals surface area contributed by atoms with Crippen LogP contribution in [0.15, 0.2) is 52.9 Å². The van der Waals surface area contributed by atoms with Gasteiger partial charge in [0.1, 0.15) is 18.0 Å². The average Bonchev–Trinajstić information content (AvgIpc) is 3.23. The number of hydrogen-bond acceptors (Lipinski definition) is 6. The van der Waals surface area contributed by atoms with Gasteiger partial charge in [0.05, 0.1) is 12.8 Å². The first-order valence-electron chi connectivity index (χ1n) is 9.38. The van der Waals surface area contributed by atoms with Gasteiger partial charge in [-0.15, -0.1) is 10.2 Å². The van der Waals surface area contributed by atoms with E-state index in [1.165, 1.54) is 6.07 Å². The number of para-hydroxylation sites is 1. The molecule has 0 spiro atoms. The van der Waals surface area contributed by atoms with Gasteiger partial charge >= 0.3 is 0 Å². The van der Waals surface area contributed by atoms with E-state index in [1.807, 2.05) is 23.1 Å². The maximum Gasteiger partial charge on any atom is 0.247 e. The molecule has 1 aliphatic rings. The highest BCUT2D eigenvalue weighted by molar-refractivity contribution is 5.78. The van der Waals surface area contributed by atoms with Crippen LogP contribution in [0.25, 0.3) is 11.5 Å². The highest BCUT2D eigenvalue weighted by Crippen LogP contribution is 2.22. The molecule has 0 radical (unpaired) electrons. The number of nitrogens with zero attached hydrogens (tertiary/aromatic N) is 4. The zero-order valence-corrected chi connectivity index (χ0v) is 16.0. The van der Waals surface area contributed by atoms with Crippen molar-refractivity contribution >= 4 is 11.6 Å². The molecule has 3 aromatic rings. The SMILES string of the molecule is COc1ccc(-c2nnc(CC(=O)N3CCN(c4ccccc4F)CC3)o2)cc1. The normalized spacial score (nSPS) is 14.1. The number of carbonyl (C=O) groups excluding carboxylic acids is 1. The molecule has 2 aromatic carbocycles. The van der Waals surface area contributed by atoms with Gasteiger partial charge < -0.3 is 19.0 Å². The second kappa shape index (κ2) is 8.30. The predicted octanol–water partition coefficient (Wildman–Crippen LogP) is 2.78. The summed E-state index contributed by atoms with van der Waals surface area (Å²) in [5.41, 5.74) is 1.33. The topological polar surface area (TPSA) is 71.7 Å². The Hall–Kier alpha value is -3.42. The molecule has 1 saturated heterocycles. The summed E-state index contributed by atoms with van der Waals surface area (Å²) in [4.78, 5) is 16.3. The van der Waals surface area contributed by atoms with Crippen molar-refractivity contribution in [3.63, 3.8) is 0 Å². The van der Waals surface area contributed by atoms with Gasteiger partial charge in [-0.25, -0.2) is 4.39 Å². The molecule has 29 heavy (non-hydrogen) atoms. The molecule has 1 amide bonds. The summed E-state index contributed by atoms with van der Waals surface area (Å²) in [5.74, 6) is 1.04. The Labute approximate surface area is 167 Å². The summed E-state index contributed by atoms with van der Waals surface area (Å²) < 4.78 is 24.7. The summed E-state index contributed by atoms with van der Waals surface area (Å²) in [7, 11) is 1.60. The van der Waals surface area contributed by atoms with Crippen LogP contribution >= 0.6 is 0 Å². The minimum Gasteiger partial charge on any atom is -0.497 e. The van der Waals surface area contributed by atoms with E-state index in [2.05, 4.69) is 10.2 Å². The standard InChI is InChI=1S/C21H21FN4O3/c1-28-16-8-6-15(7-9-16)21-24-23-19(29-21)14-20(27)26-12-10-25(11-13-26)18-5-3-2-4-17(18)22/h2-9H,10-14H2,1H3. The molecule has 0 aliphatic carbocycles. The van der Waals surface area contributed by atoms with Crippen LogP contribution in [-0.4, -0.2) is 54.3 Å². The first kappa shape index (κ1) is 18.9. The van der Waals surface area contributed by atoms with Crippen LogP contribution < -0.4 is 9.64 Å². The quantitative estimate of drug-likeness (QED) is 0.660. The Morgan fingerprint density at radius 1 is 1.07 bits per heavy atom. The molecule has 0 atom stereocenters. The van der Waals surface area contributed by atoms with Crippen LogP contribution in [0.1, 0.15) is 5.89 Å². The lowest BCUT2D eigenvalue weighted by Gasteiger charge is -2.36. The van der Waals surface area contributed by atoms with Crippen molar-refractivity contribution in [1.29, 1.82) is 0 Å². The summed E-state index contributed by atoms with van der Waals surface area (Å²) in [5, 5.41) is 8.01. The summed E-state index contributed by atoms with van der Waals surface area (Å²) >= 11 is 0. The van der Waals surface area contributed by atoms with E-state index in [0.717, 1.165) is 11.3 Å². The molecule has 1 aromatic heterocycles. The number of amides is 1. The van der Waals surface area contributed by atoms with E-state index in [1.54, 1.807) is 36.3 Å². The summed E-state index contributed by atoms with van der Waals surface area (Å²) in [6, 6.07) is 13.9. The summed E-state index contributed by atoms with van der Waals surface area (Å²) in [6.07, 6.45) is 0.0445. The molecule has 8 heteroatoms. The van der Waals surface area contributed by atoms with Crippen LogP contribution in [0.5, 0.6) is 5.75 Å². The van der Waals surface area contributed by atoms with Gasteiger partial charge in [-0.05, 0) is 36.4 Å². The van der Waals surface area contributed by atoms with Gasteiger partial charge in [0, 0.05) is 31.7 Å². The fourth-order valence-corrected chi connectivity index (χ4v) is 3.32. The van der Waals surface area contributed by atoms with Crippen molar-refractivity contribution < 1.29 is 18.3 Å². The molecule has 0 bridgehead atoms. The first-order valence-corrected chi connectivity index (χ1v) is 9.38. The largest absolute Gasteiger partial charge is 0.497 e. The van der Waals surface area contributed by atoms with Crippen molar-refractivity contribution in [3.05, 3.63) is 60.2 Å². The molecule has 0 N–H and O–H groups in total. The molecule has 0 saturated carbocycles. The fourth-order valence-electron chi connectivity index (χ4n) is 3.32. The molecular formula is C21H21FN4O3. The lowest BCUT2D eigenvalue weighted by atomic mass is 10.2. The number of piperazine rings is 1. The molecule has 2 heterocycles. The molecule has 150 valence electrons. The van der Waals surface area contributed by atoms with Crippen LogP contribution in [0.3, 0.4) is 0 Å².